The number of allylic oxidation sites excluding steroid dienone is 2. The van der Waals surface area contributed by atoms with Gasteiger partial charge in [-0.05, 0) is 68.4 Å². The first-order chi connectivity index (χ1) is 25.0. The predicted octanol–water partition coefficient (Wildman–Crippen LogP) is 4.02. The Kier molecular flexibility index (Phi) is 11.2. The largest absolute Gasteiger partial charge is 0.444 e. The summed E-state index contributed by atoms with van der Waals surface area (Å²) < 4.78 is 25.4. The lowest BCUT2D eigenvalue weighted by Gasteiger charge is -2.29. The molecule has 3 aliphatic heterocycles. The van der Waals surface area contributed by atoms with Gasteiger partial charge in [0.25, 0.3) is 0 Å². The molecule has 1 aromatic carbocycles. The number of alkyl carbamates (subject to hydrolysis) is 1. The van der Waals surface area contributed by atoms with Crippen LogP contribution in [0, 0.1) is 11.7 Å². The van der Waals surface area contributed by atoms with E-state index in [-0.39, 0.29) is 50.1 Å². The van der Waals surface area contributed by atoms with E-state index in [1.165, 1.54) is 22.8 Å². The van der Waals surface area contributed by atoms with Crippen LogP contribution in [-0.2, 0) is 43.4 Å². The summed E-state index contributed by atoms with van der Waals surface area (Å²) in [5.41, 5.74) is 0.883. The van der Waals surface area contributed by atoms with E-state index in [0.717, 1.165) is 24.8 Å². The zero-order valence-corrected chi connectivity index (χ0v) is 29.3. The molecule has 2 fully saturated rings. The minimum Gasteiger partial charge on any atom is -0.444 e. The van der Waals surface area contributed by atoms with Crippen LogP contribution in [-0.4, -0.2) is 81.5 Å². The summed E-state index contributed by atoms with van der Waals surface area (Å²) in [4.78, 5) is 75.0. The van der Waals surface area contributed by atoms with Crippen LogP contribution in [0.15, 0.2) is 67.2 Å². The van der Waals surface area contributed by atoms with Gasteiger partial charge in [0.15, 0.2) is 0 Å². The zero-order chi connectivity index (χ0) is 36.8. The maximum Gasteiger partial charge on any atom is 0.412 e. The molecule has 0 bridgehead atoms. The van der Waals surface area contributed by atoms with Gasteiger partial charge in [-0.15, -0.1) is 0 Å². The van der Waals surface area contributed by atoms with Gasteiger partial charge in [0.1, 0.15) is 29.5 Å². The Labute approximate surface area is 302 Å². The Morgan fingerprint density at radius 1 is 1.12 bits per heavy atom. The lowest BCUT2D eigenvalue weighted by molar-refractivity contribution is -0.141. The third-order valence-electron chi connectivity index (χ3n) is 10.1. The zero-order valence-electron chi connectivity index (χ0n) is 29.3. The van der Waals surface area contributed by atoms with Crippen molar-refractivity contribution >= 4 is 29.9 Å². The predicted molar refractivity (Wildman–Crippen MR) is 186 cm³/mol. The number of hydrogen-bond donors (Lipinski definition) is 3. The van der Waals surface area contributed by atoms with Gasteiger partial charge in [0.05, 0.1) is 18.8 Å². The molecular weight excluding hydrogens is 671 g/mol. The molecule has 1 aliphatic carbocycles. The van der Waals surface area contributed by atoms with Gasteiger partial charge in [-0.3, -0.25) is 24.3 Å². The Morgan fingerprint density at radius 3 is 2.69 bits per heavy atom. The van der Waals surface area contributed by atoms with Gasteiger partial charge in [-0.2, -0.15) is 0 Å². The van der Waals surface area contributed by atoms with Crippen LogP contribution in [0.3, 0.4) is 0 Å². The molecule has 5 atom stereocenters. The molecule has 6 rings (SSSR count). The second-order valence-corrected chi connectivity index (χ2v) is 14.0. The molecule has 2 aromatic rings. The fourth-order valence-corrected chi connectivity index (χ4v) is 7.25. The first kappa shape index (κ1) is 36.5. The Morgan fingerprint density at radius 2 is 1.92 bits per heavy atom. The Balaban J connectivity index is 1.22. The average molecular weight is 717 g/mol. The van der Waals surface area contributed by atoms with Crippen molar-refractivity contribution in [2.45, 2.75) is 95.1 Å². The normalized spacial score (nSPS) is 26.3. The molecule has 52 heavy (non-hydrogen) atoms. The second kappa shape index (κ2) is 16.0. The summed E-state index contributed by atoms with van der Waals surface area (Å²) >= 11 is 0. The maximum absolute atomic E-state index is 14.4. The van der Waals surface area contributed by atoms with E-state index in [0.29, 0.717) is 36.9 Å². The van der Waals surface area contributed by atoms with Crippen molar-refractivity contribution in [1.29, 1.82) is 0 Å². The molecule has 3 N–H and O–H groups in total. The smallest absolute Gasteiger partial charge is 0.412 e. The number of amides is 5. The van der Waals surface area contributed by atoms with Crippen LogP contribution in [0.5, 0.6) is 0 Å². The van der Waals surface area contributed by atoms with Crippen molar-refractivity contribution in [3.05, 3.63) is 89.7 Å². The molecular formula is C38H45FN6O7. The van der Waals surface area contributed by atoms with Crippen LogP contribution in [0.4, 0.5) is 14.0 Å². The number of nitrogens with one attached hydrogen (secondary N) is 3. The molecule has 14 heteroatoms. The van der Waals surface area contributed by atoms with E-state index in [1.54, 1.807) is 24.5 Å². The van der Waals surface area contributed by atoms with Crippen molar-refractivity contribution < 1.29 is 37.8 Å². The number of carbonyl (C=O) groups is 5. The maximum atomic E-state index is 14.4. The summed E-state index contributed by atoms with van der Waals surface area (Å²) in [5.74, 6) is -1.94. The molecule has 4 aliphatic rings. The number of benzene rings is 1. The van der Waals surface area contributed by atoms with Crippen molar-refractivity contribution in [3.63, 3.8) is 0 Å². The molecule has 4 unspecified atom stereocenters. The monoisotopic (exact) mass is 716 g/mol. The lowest BCUT2D eigenvalue weighted by Crippen LogP contribution is -2.58. The van der Waals surface area contributed by atoms with Gasteiger partial charge in [0.2, 0.25) is 17.7 Å². The first-order valence-corrected chi connectivity index (χ1v) is 17.9. The SMILES string of the molecule is C=C(C)OC(=O)NC1CCCCC/C=C\C2CC2(C(=O)NCCc2ccncc2)NC(=O)[C@@H]2CC(OC(=O)N3Cc4cccc(F)c4C3)CN2C1=O. The number of nitrogens with zero attached hydrogens (tertiary/aromatic N) is 3. The molecule has 1 saturated heterocycles. The first-order valence-electron chi connectivity index (χ1n) is 17.9. The number of pyridine rings is 1. The number of hydrogen-bond acceptors (Lipinski definition) is 8. The van der Waals surface area contributed by atoms with Crippen molar-refractivity contribution in [3.8, 4) is 0 Å². The minimum absolute atomic E-state index is 0.0324. The van der Waals surface area contributed by atoms with Crippen LogP contribution >= 0.6 is 0 Å². The molecule has 5 amide bonds. The molecule has 276 valence electrons. The van der Waals surface area contributed by atoms with Crippen LogP contribution in [0.1, 0.15) is 68.6 Å². The van der Waals surface area contributed by atoms with Gasteiger partial charge in [-0.25, -0.2) is 14.0 Å². The number of rotatable bonds is 7. The van der Waals surface area contributed by atoms with E-state index < -0.39 is 53.5 Å². The summed E-state index contributed by atoms with van der Waals surface area (Å²) in [6.07, 6.45) is 9.10. The molecule has 1 saturated carbocycles. The highest BCUT2D eigenvalue weighted by atomic mass is 19.1. The molecule has 1 aromatic heterocycles. The lowest BCUT2D eigenvalue weighted by atomic mass is 10.1. The molecule has 0 spiro atoms. The topological polar surface area (TPSA) is 159 Å². The summed E-state index contributed by atoms with van der Waals surface area (Å²) in [5, 5.41) is 8.60. The standard InChI is InChI=1S/C38H45FN6O7/c1-24(2)51-36(49)42-31-12-7-5-3-4-6-10-27-20-38(27,35(48)41-18-15-25-13-16-40-17-14-25)43-33(46)32-19-28(22-45(32)34(31)47)52-37(50)44-21-26-9-8-11-30(39)29(26)23-44/h6,8-11,13-14,16-17,27-28,31-32H,1,3-5,7,12,15,18-23H2,2H3,(H,41,48)(H,42,49)(H,43,46)/b10-6-/t27?,28?,31?,32-,38?/m0/s1. The fraction of sp³-hybridized carbons (Fsp3) is 0.474. The van der Waals surface area contributed by atoms with Crippen molar-refractivity contribution in [2.75, 3.05) is 13.1 Å². The highest BCUT2D eigenvalue weighted by molar-refractivity contribution is 5.98. The Bertz CT molecular complexity index is 1740. The quantitative estimate of drug-likeness (QED) is 0.286. The van der Waals surface area contributed by atoms with E-state index in [1.807, 2.05) is 24.3 Å². The van der Waals surface area contributed by atoms with E-state index >= 15 is 0 Å². The van der Waals surface area contributed by atoms with E-state index in [4.69, 9.17) is 9.47 Å². The number of ether oxygens (including phenoxy) is 2. The third-order valence-corrected chi connectivity index (χ3v) is 10.1. The third kappa shape index (κ3) is 8.43. The number of halogens is 1. The highest BCUT2D eigenvalue weighted by Crippen LogP contribution is 2.45. The van der Waals surface area contributed by atoms with E-state index in [9.17, 15) is 28.4 Å². The summed E-state index contributed by atoms with van der Waals surface area (Å²) in [6, 6.07) is 6.26. The van der Waals surface area contributed by atoms with Crippen molar-refractivity contribution in [1.82, 2.24) is 30.7 Å². The summed E-state index contributed by atoms with van der Waals surface area (Å²) in [7, 11) is 0. The Hall–Kier alpha value is -5.27. The van der Waals surface area contributed by atoms with Crippen LogP contribution in [0.2, 0.25) is 0 Å². The summed E-state index contributed by atoms with van der Waals surface area (Å²) in [6.45, 7) is 5.52. The number of carbonyl (C=O) groups excluding carboxylic acids is 5. The van der Waals surface area contributed by atoms with Crippen molar-refractivity contribution in [2.24, 2.45) is 5.92 Å². The molecule has 4 heterocycles. The van der Waals surface area contributed by atoms with Gasteiger partial charge in [0, 0.05) is 43.4 Å². The molecule has 13 nitrogen and oxygen atoms in total. The second-order valence-electron chi connectivity index (χ2n) is 14.0. The van der Waals surface area contributed by atoms with Gasteiger partial charge >= 0.3 is 12.2 Å². The van der Waals surface area contributed by atoms with Gasteiger partial charge in [-0.1, -0.05) is 43.7 Å². The molecule has 0 radical (unpaired) electrons. The van der Waals surface area contributed by atoms with Crippen LogP contribution in [0.25, 0.3) is 0 Å². The minimum atomic E-state index is -1.22. The van der Waals surface area contributed by atoms with Gasteiger partial charge < -0.3 is 30.3 Å². The number of fused-ring (bicyclic) bond motifs is 3. The fourth-order valence-electron chi connectivity index (χ4n) is 7.25. The number of aromatic nitrogens is 1. The van der Waals surface area contributed by atoms with E-state index in [2.05, 4.69) is 27.5 Å². The van der Waals surface area contributed by atoms with Crippen LogP contribution < -0.4 is 16.0 Å². The highest BCUT2D eigenvalue weighted by Gasteiger charge is 2.61. The average Bonchev–Trinajstić information content (AvgIpc) is 3.41.